The lowest BCUT2D eigenvalue weighted by molar-refractivity contribution is 0.0338. The molecule has 3 aromatic rings. The van der Waals surface area contributed by atoms with Crippen LogP contribution in [0.2, 0.25) is 0 Å². The summed E-state index contributed by atoms with van der Waals surface area (Å²) in [4.78, 5) is 21.0. The van der Waals surface area contributed by atoms with E-state index in [4.69, 9.17) is 5.11 Å². The van der Waals surface area contributed by atoms with Gasteiger partial charge in [0.15, 0.2) is 0 Å². The molecule has 1 aromatic heterocycles. The molecule has 33 heavy (non-hydrogen) atoms. The smallest absolute Gasteiger partial charge is 0.255 e. The third-order valence-electron chi connectivity index (χ3n) is 6.14. The maximum absolute atomic E-state index is 12.4. The summed E-state index contributed by atoms with van der Waals surface area (Å²) in [5, 5.41) is 7.00. The molecule has 2 aromatic carbocycles. The van der Waals surface area contributed by atoms with E-state index >= 15 is 0 Å². The fourth-order valence-electron chi connectivity index (χ4n) is 4.27. The number of aryl methyl sites for hydroxylation is 1. The van der Waals surface area contributed by atoms with Crippen LogP contribution in [0.5, 0.6) is 0 Å². The number of fused-ring (bicyclic) bond motifs is 1. The third-order valence-corrected chi connectivity index (χ3v) is 6.14. The van der Waals surface area contributed by atoms with Crippen LogP contribution in [0.4, 0.5) is 0 Å². The summed E-state index contributed by atoms with van der Waals surface area (Å²) >= 11 is 0. The number of aromatic nitrogens is 1. The van der Waals surface area contributed by atoms with Gasteiger partial charge < -0.3 is 10.0 Å². The lowest BCUT2D eigenvalue weighted by Gasteiger charge is -2.45. The van der Waals surface area contributed by atoms with Crippen molar-refractivity contribution in [3.63, 3.8) is 0 Å². The molecule has 1 N–H and O–H groups in total. The van der Waals surface area contributed by atoms with Crippen molar-refractivity contribution in [1.82, 2.24) is 14.8 Å². The zero-order valence-electron chi connectivity index (χ0n) is 19.7. The SMILES string of the molecule is CO.Cc1cccc(-c2ccccc2)c1.O=C(c1cccnc1)N1CCCCN2CCC2C1. The second kappa shape index (κ2) is 12.9. The van der Waals surface area contributed by atoms with Crippen molar-refractivity contribution in [3.8, 4) is 11.1 Å². The van der Waals surface area contributed by atoms with Gasteiger partial charge in [-0.3, -0.25) is 14.7 Å². The Morgan fingerprint density at radius 3 is 2.33 bits per heavy atom. The number of hydrogen-bond donors (Lipinski definition) is 1. The minimum atomic E-state index is 0.136. The highest BCUT2D eigenvalue weighted by Gasteiger charge is 2.32. The molecule has 2 aliphatic heterocycles. The highest BCUT2D eigenvalue weighted by molar-refractivity contribution is 5.93. The molecule has 5 rings (SSSR count). The summed E-state index contributed by atoms with van der Waals surface area (Å²) in [6.07, 6.45) is 6.91. The first-order valence-electron chi connectivity index (χ1n) is 11.7. The second-order valence-corrected chi connectivity index (χ2v) is 8.41. The molecular weight excluding hydrogens is 410 g/mol. The van der Waals surface area contributed by atoms with Crippen LogP contribution in [-0.2, 0) is 0 Å². The van der Waals surface area contributed by atoms with Crippen molar-refractivity contribution in [2.75, 3.05) is 33.3 Å². The Hall–Kier alpha value is -3.02. The van der Waals surface area contributed by atoms with Gasteiger partial charge in [-0.05, 0) is 56.0 Å². The Morgan fingerprint density at radius 2 is 1.67 bits per heavy atom. The summed E-state index contributed by atoms with van der Waals surface area (Å²) in [5.41, 5.74) is 4.59. The lowest BCUT2D eigenvalue weighted by Crippen LogP contribution is -2.56. The number of carbonyl (C=O) groups excluding carboxylic acids is 1. The van der Waals surface area contributed by atoms with Crippen molar-refractivity contribution >= 4 is 5.91 Å². The van der Waals surface area contributed by atoms with Gasteiger partial charge in [-0.1, -0.05) is 60.2 Å². The zero-order valence-corrected chi connectivity index (χ0v) is 19.7. The number of nitrogens with zero attached hydrogens (tertiary/aromatic N) is 3. The first kappa shape index (κ1) is 24.6. The summed E-state index contributed by atoms with van der Waals surface area (Å²) in [6, 6.07) is 23.3. The number of pyridine rings is 1. The Labute approximate surface area is 197 Å². The number of hydrogen-bond acceptors (Lipinski definition) is 4. The number of aliphatic hydroxyl groups is 1. The van der Waals surface area contributed by atoms with Crippen LogP contribution in [0.3, 0.4) is 0 Å². The van der Waals surface area contributed by atoms with Crippen LogP contribution in [0.1, 0.15) is 35.2 Å². The van der Waals surface area contributed by atoms with E-state index in [2.05, 4.69) is 65.3 Å². The molecule has 3 heterocycles. The minimum absolute atomic E-state index is 0.136. The first-order valence-corrected chi connectivity index (χ1v) is 11.7. The lowest BCUT2D eigenvalue weighted by atomic mass is 9.99. The molecule has 174 valence electrons. The molecule has 2 aliphatic rings. The highest BCUT2D eigenvalue weighted by atomic mass is 16.2. The van der Waals surface area contributed by atoms with Crippen LogP contribution in [0, 0.1) is 6.92 Å². The summed E-state index contributed by atoms with van der Waals surface area (Å²) in [6.45, 7) is 6.30. The van der Waals surface area contributed by atoms with E-state index in [1.807, 2.05) is 23.1 Å². The molecule has 0 spiro atoms. The van der Waals surface area contributed by atoms with Crippen LogP contribution < -0.4 is 0 Å². The minimum Gasteiger partial charge on any atom is -0.400 e. The molecule has 5 nitrogen and oxygen atoms in total. The number of benzene rings is 2. The fraction of sp³-hybridized carbons (Fsp3) is 0.357. The van der Waals surface area contributed by atoms with Crippen molar-refractivity contribution in [3.05, 3.63) is 90.3 Å². The van der Waals surface area contributed by atoms with Crippen molar-refractivity contribution in [2.45, 2.75) is 32.2 Å². The Kier molecular flexibility index (Phi) is 9.60. The maximum Gasteiger partial charge on any atom is 0.255 e. The summed E-state index contributed by atoms with van der Waals surface area (Å²) in [7, 11) is 1.00. The van der Waals surface area contributed by atoms with Gasteiger partial charge in [0.05, 0.1) is 5.56 Å². The van der Waals surface area contributed by atoms with E-state index in [1.54, 1.807) is 12.4 Å². The molecule has 1 atom stereocenters. The van der Waals surface area contributed by atoms with Gasteiger partial charge in [-0.2, -0.15) is 0 Å². The number of carbonyl (C=O) groups is 1. The van der Waals surface area contributed by atoms with E-state index in [0.717, 1.165) is 26.6 Å². The van der Waals surface area contributed by atoms with Crippen LogP contribution in [0.25, 0.3) is 11.1 Å². The third kappa shape index (κ3) is 6.98. The van der Waals surface area contributed by atoms with Crippen molar-refractivity contribution in [2.24, 2.45) is 0 Å². The van der Waals surface area contributed by atoms with E-state index in [0.29, 0.717) is 11.6 Å². The average molecular weight is 446 g/mol. The van der Waals surface area contributed by atoms with E-state index < -0.39 is 0 Å². The Balaban J connectivity index is 0.000000181. The summed E-state index contributed by atoms with van der Waals surface area (Å²) in [5.74, 6) is 0.136. The van der Waals surface area contributed by atoms with Gasteiger partial charge in [0.25, 0.3) is 5.91 Å². The first-order chi connectivity index (χ1) is 16.2. The molecular formula is C28H35N3O2. The van der Waals surface area contributed by atoms with Crippen LogP contribution >= 0.6 is 0 Å². The second-order valence-electron chi connectivity index (χ2n) is 8.41. The van der Waals surface area contributed by atoms with Gasteiger partial charge in [0.1, 0.15) is 0 Å². The molecule has 0 saturated carbocycles. The number of amides is 1. The molecule has 0 aliphatic carbocycles. The number of aliphatic hydroxyl groups excluding tert-OH is 1. The van der Waals surface area contributed by atoms with E-state index in [9.17, 15) is 4.79 Å². The van der Waals surface area contributed by atoms with Crippen LogP contribution in [0.15, 0.2) is 79.1 Å². The van der Waals surface area contributed by atoms with Crippen molar-refractivity contribution < 1.29 is 9.90 Å². The Bertz CT molecular complexity index is 979. The molecule has 1 amide bonds. The predicted molar refractivity (Wildman–Crippen MR) is 134 cm³/mol. The van der Waals surface area contributed by atoms with Crippen molar-refractivity contribution in [1.29, 1.82) is 0 Å². The van der Waals surface area contributed by atoms with Gasteiger partial charge in [0, 0.05) is 45.2 Å². The number of rotatable bonds is 2. The standard InChI is InChI=1S/C14H19N3O.C13H12.CH4O/c18-14(12-4-3-6-15-10-12)17-8-2-1-7-16-9-5-13(16)11-17;1-11-6-5-9-13(10-11)12-7-3-2-4-8-12;1-2/h3-4,6,10,13H,1-2,5,7-9,11H2;2-10H,1H3;2H,1H3. The molecule has 2 saturated heterocycles. The van der Waals surface area contributed by atoms with E-state index in [-0.39, 0.29) is 5.91 Å². The van der Waals surface area contributed by atoms with E-state index in [1.165, 1.54) is 42.6 Å². The largest absolute Gasteiger partial charge is 0.400 e. The Morgan fingerprint density at radius 1 is 0.909 bits per heavy atom. The average Bonchev–Trinajstić information content (AvgIpc) is 2.86. The molecule has 0 radical (unpaired) electrons. The normalized spacial score (nSPS) is 17.5. The molecule has 5 heteroatoms. The topological polar surface area (TPSA) is 56.7 Å². The molecule has 1 unspecified atom stereocenters. The van der Waals surface area contributed by atoms with Gasteiger partial charge in [-0.25, -0.2) is 0 Å². The monoisotopic (exact) mass is 445 g/mol. The molecule has 0 bridgehead atoms. The van der Waals surface area contributed by atoms with Gasteiger partial charge in [0.2, 0.25) is 0 Å². The van der Waals surface area contributed by atoms with Gasteiger partial charge in [-0.15, -0.1) is 0 Å². The maximum atomic E-state index is 12.4. The summed E-state index contributed by atoms with van der Waals surface area (Å²) < 4.78 is 0. The van der Waals surface area contributed by atoms with Crippen LogP contribution in [-0.4, -0.2) is 65.1 Å². The predicted octanol–water partition coefficient (Wildman–Crippen LogP) is 4.66. The highest BCUT2D eigenvalue weighted by Crippen LogP contribution is 2.22. The zero-order chi connectivity index (χ0) is 23.5. The fourth-order valence-corrected chi connectivity index (χ4v) is 4.27. The van der Waals surface area contributed by atoms with Gasteiger partial charge >= 0.3 is 0 Å². The molecule has 2 fully saturated rings. The quantitative estimate of drug-likeness (QED) is 0.623.